The molecule has 3 heterocycles. The standard InChI is InChI=1S/C21H24N6O4/c1-13-19(27(29)30)14(2)26(23-13)12-16-4-6-18(7-5-16)21(28)25-10-8-17(9-11-25)20-22-15(3)24-31-20/h4-7,17H,8-12H2,1-3H3. The van der Waals surface area contributed by atoms with E-state index in [1.165, 1.54) is 0 Å². The summed E-state index contributed by atoms with van der Waals surface area (Å²) in [5, 5.41) is 19.3. The summed E-state index contributed by atoms with van der Waals surface area (Å²) in [5.74, 6) is 1.47. The predicted molar refractivity (Wildman–Crippen MR) is 111 cm³/mol. The number of likely N-dealkylation sites (tertiary alicyclic amines) is 1. The van der Waals surface area contributed by atoms with Gasteiger partial charge >= 0.3 is 5.69 Å². The van der Waals surface area contributed by atoms with Gasteiger partial charge in [-0.2, -0.15) is 10.1 Å². The monoisotopic (exact) mass is 424 g/mol. The molecular formula is C21H24N6O4. The van der Waals surface area contributed by atoms with Gasteiger partial charge in [-0.25, -0.2) is 0 Å². The fraction of sp³-hybridized carbons (Fsp3) is 0.429. The Morgan fingerprint density at radius 3 is 2.42 bits per heavy atom. The Balaban J connectivity index is 1.39. The molecule has 31 heavy (non-hydrogen) atoms. The smallest absolute Gasteiger partial charge is 0.312 e. The number of aromatic nitrogens is 4. The van der Waals surface area contributed by atoms with E-state index in [9.17, 15) is 14.9 Å². The number of amides is 1. The number of carbonyl (C=O) groups is 1. The molecule has 10 nitrogen and oxygen atoms in total. The minimum Gasteiger partial charge on any atom is -0.339 e. The van der Waals surface area contributed by atoms with Crippen molar-refractivity contribution < 1.29 is 14.2 Å². The summed E-state index contributed by atoms with van der Waals surface area (Å²) < 4.78 is 6.89. The number of hydrogen-bond donors (Lipinski definition) is 0. The van der Waals surface area contributed by atoms with Crippen molar-refractivity contribution in [3.05, 3.63) is 68.6 Å². The lowest BCUT2D eigenvalue weighted by Crippen LogP contribution is -2.38. The highest BCUT2D eigenvalue weighted by molar-refractivity contribution is 5.94. The summed E-state index contributed by atoms with van der Waals surface area (Å²) in [4.78, 5) is 29.8. The van der Waals surface area contributed by atoms with E-state index in [4.69, 9.17) is 4.52 Å². The van der Waals surface area contributed by atoms with Gasteiger partial charge in [0, 0.05) is 24.6 Å². The van der Waals surface area contributed by atoms with Crippen molar-refractivity contribution in [1.82, 2.24) is 24.8 Å². The third-order valence-electron chi connectivity index (χ3n) is 5.73. The number of rotatable bonds is 5. The van der Waals surface area contributed by atoms with Gasteiger partial charge in [-0.05, 0) is 51.3 Å². The Bertz CT molecular complexity index is 1110. The molecule has 162 valence electrons. The number of nitro groups is 1. The van der Waals surface area contributed by atoms with Crippen LogP contribution >= 0.6 is 0 Å². The van der Waals surface area contributed by atoms with Gasteiger partial charge < -0.3 is 9.42 Å². The van der Waals surface area contributed by atoms with Crippen LogP contribution in [0, 0.1) is 30.9 Å². The molecule has 1 amide bonds. The third-order valence-corrected chi connectivity index (χ3v) is 5.73. The first-order valence-electron chi connectivity index (χ1n) is 10.2. The third kappa shape index (κ3) is 4.18. The van der Waals surface area contributed by atoms with E-state index in [-0.39, 0.29) is 17.5 Å². The first kappa shape index (κ1) is 20.7. The normalized spacial score (nSPS) is 14.7. The average Bonchev–Trinajstić information content (AvgIpc) is 3.31. The van der Waals surface area contributed by atoms with Gasteiger partial charge in [0.25, 0.3) is 5.91 Å². The number of nitrogens with zero attached hydrogens (tertiary/aromatic N) is 6. The van der Waals surface area contributed by atoms with Crippen LogP contribution in [0.3, 0.4) is 0 Å². The van der Waals surface area contributed by atoms with E-state index in [0.717, 1.165) is 18.4 Å². The highest BCUT2D eigenvalue weighted by Crippen LogP contribution is 2.27. The van der Waals surface area contributed by atoms with Gasteiger partial charge in [-0.3, -0.25) is 19.6 Å². The molecule has 2 aromatic heterocycles. The highest BCUT2D eigenvalue weighted by atomic mass is 16.6. The number of carbonyl (C=O) groups excluding carboxylic acids is 1. The van der Waals surface area contributed by atoms with Crippen LogP contribution in [-0.2, 0) is 6.54 Å². The van der Waals surface area contributed by atoms with Crippen molar-refractivity contribution in [3.63, 3.8) is 0 Å². The van der Waals surface area contributed by atoms with Crippen molar-refractivity contribution in [2.24, 2.45) is 0 Å². The Morgan fingerprint density at radius 1 is 1.19 bits per heavy atom. The molecule has 0 unspecified atom stereocenters. The van der Waals surface area contributed by atoms with Gasteiger partial charge in [0.2, 0.25) is 5.89 Å². The minimum absolute atomic E-state index is 0.00605. The molecule has 10 heteroatoms. The number of aryl methyl sites for hydroxylation is 2. The fourth-order valence-corrected chi connectivity index (χ4v) is 4.02. The van der Waals surface area contributed by atoms with Crippen LogP contribution in [0.4, 0.5) is 5.69 Å². The predicted octanol–water partition coefficient (Wildman–Crippen LogP) is 3.17. The molecule has 0 bridgehead atoms. The maximum Gasteiger partial charge on any atom is 0.312 e. The number of benzene rings is 1. The van der Waals surface area contributed by atoms with E-state index >= 15 is 0 Å². The summed E-state index contributed by atoms with van der Waals surface area (Å²) in [6.45, 7) is 6.81. The van der Waals surface area contributed by atoms with Crippen molar-refractivity contribution in [2.75, 3.05) is 13.1 Å². The number of hydrogen-bond acceptors (Lipinski definition) is 7. The maximum atomic E-state index is 12.9. The molecular weight excluding hydrogens is 400 g/mol. The van der Waals surface area contributed by atoms with E-state index in [1.54, 1.807) is 37.6 Å². The molecule has 4 rings (SSSR count). The van der Waals surface area contributed by atoms with Crippen molar-refractivity contribution in [3.8, 4) is 0 Å². The van der Waals surface area contributed by atoms with Gasteiger partial charge in [-0.15, -0.1) is 0 Å². The number of piperidine rings is 1. The summed E-state index contributed by atoms with van der Waals surface area (Å²) in [7, 11) is 0. The molecule has 1 aliphatic heterocycles. The molecule has 1 fully saturated rings. The lowest BCUT2D eigenvalue weighted by molar-refractivity contribution is -0.386. The summed E-state index contributed by atoms with van der Waals surface area (Å²) in [5.41, 5.74) is 2.50. The second kappa shape index (κ2) is 8.29. The topological polar surface area (TPSA) is 120 Å². The molecule has 0 atom stereocenters. The molecule has 1 saturated heterocycles. The van der Waals surface area contributed by atoms with Crippen LogP contribution < -0.4 is 0 Å². The molecule has 1 aliphatic rings. The molecule has 0 saturated carbocycles. The van der Waals surface area contributed by atoms with Crippen molar-refractivity contribution in [2.45, 2.75) is 46.1 Å². The zero-order valence-corrected chi connectivity index (χ0v) is 17.7. The van der Waals surface area contributed by atoms with Gasteiger partial charge in [0.05, 0.1) is 11.5 Å². The molecule has 0 radical (unpaired) electrons. The van der Waals surface area contributed by atoms with Crippen LogP contribution in [0.15, 0.2) is 28.8 Å². The zero-order valence-electron chi connectivity index (χ0n) is 17.7. The van der Waals surface area contributed by atoms with Crippen molar-refractivity contribution in [1.29, 1.82) is 0 Å². The van der Waals surface area contributed by atoms with Crippen LogP contribution in [0.25, 0.3) is 0 Å². The van der Waals surface area contributed by atoms with Gasteiger partial charge in [0.15, 0.2) is 5.82 Å². The quantitative estimate of drug-likeness (QED) is 0.456. The molecule has 0 N–H and O–H groups in total. The summed E-state index contributed by atoms with van der Waals surface area (Å²) >= 11 is 0. The molecule has 0 aliphatic carbocycles. The first-order chi connectivity index (χ1) is 14.8. The lowest BCUT2D eigenvalue weighted by atomic mass is 9.96. The second-order valence-corrected chi connectivity index (χ2v) is 7.88. The second-order valence-electron chi connectivity index (χ2n) is 7.88. The molecule has 0 spiro atoms. The molecule has 1 aromatic carbocycles. The zero-order chi connectivity index (χ0) is 22.1. The first-order valence-corrected chi connectivity index (χ1v) is 10.2. The average molecular weight is 424 g/mol. The Morgan fingerprint density at radius 2 is 1.87 bits per heavy atom. The molecule has 3 aromatic rings. The van der Waals surface area contributed by atoms with Gasteiger partial charge in [-0.1, -0.05) is 17.3 Å². The van der Waals surface area contributed by atoms with E-state index < -0.39 is 4.92 Å². The van der Waals surface area contributed by atoms with Crippen LogP contribution in [0.2, 0.25) is 0 Å². The lowest BCUT2D eigenvalue weighted by Gasteiger charge is -2.30. The Labute approximate surface area is 179 Å². The van der Waals surface area contributed by atoms with Crippen LogP contribution in [-0.4, -0.2) is 48.7 Å². The fourth-order valence-electron chi connectivity index (χ4n) is 4.02. The SMILES string of the molecule is Cc1noc(C2CCN(C(=O)c3ccc(Cn4nc(C)c([N+](=O)[O-])c4C)cc3)CC2)n1. The summed E-state index contributed by atoms with van der Waals surface area (Å²) in [6, 6.07) is 7.32. The maximum absolute atomic E-state index is 12.9. The minimum atomic E-state index is -0.404. The van der Waals surface area contributed by atoms with Crippen molar-refractivity contribution >= 4 is 11.6 Å². The Kier molecular flexibility index (Phi) is 5.53. The van der Waals surface area contributed by atoms with Gasteiger partial charge in [0.1, 0.15) is 11.4 Å². The van der Waals surface area contributed by atoms with Crippen LogP contribution in [0.1, 0.15) is 57.8 Å². The largest absolute Gasteiger partial charge is 0.339 e. The van der Waals surface area contributed by atoms with Crippen LogP contribution in [0.5, 0.6) is 0 Å². The Hall–Kier alpha value is -3.56. The van der Waals surface area contributed by atoms with E-state index in [0.29, 0.717) is 48.3 Å². The van der Waals surface area contributed by atoms with E-state index in [2.05, 4.69) is 15.2 Å². The highest BCUT2D eigenvalue weighted by Gasteiger charge is 2.28. The summed E-state index contributed by atoms with van der Waals surface area (Å²) in [6.07, 6.45) is 1.59. The van der Waals surface area contributed by atoms with E-state index in [1.807, 2.05) is 17.0 Å².